The summed E-state index contributed by atoms with van der Waals surface area (Å²) < 4.78 is 1.16. The lowest BCUT2D eigenvalue weighted by atomic mass is 9.84. The summed E-state index contributed by atoms with van der Waals surface area (Å²) in [5, 5.41) is 13.4. The number of nitrogens with one attached hydrogen (secondary N) is 1. The number of aliphatic hydroxyl groups excluding tert-OH is 1. The molecule has 0 unspecified atom stereocenters. The molecule has 0 saturated carbocycles. The lowest BCUT2D eigenvalue weighted by Crippen LogP contribution is -2.32. The first-order chi connectivity index (χ1) is 24.6. The van der Waals surface area contributed by atoms with E-state index >= 15 is 0 Å². The molecular weight excluding hydrogens is 645 g/mol. The Morgan fingerprint density at radius 1 is 0.863 bits per heavy atom. The molecule has 3 heterocycles. The number of hydrogen-bond acceptors (Lipinski definition) is 6. The molecule has 6 rings (SSSR count). The van der Waals surface area contributed by atoms with Gasteiger partial charge in [-0.3, -0.25) is 0 Å². The molecule has 1 aliphatic heterocycles. The molecule has 6 heteroatoms. The van der Waals surface area contributed by atoms with E-state index in [1.165, 1.54) is 59.1 Å². The smallest absolute Gasteiger partial charge is 0.188 e. The van der Waals surface area contributed by atoms with Crippen molar-refractivity contribution in [1.29, 1.82) is 0 Å². The molecule has 0 bridgehead atoms. The Hall–Kier alpha value is -4.26. The fourth-order valence-corrected chi connectivity index (χ4v) is 8.29. The van der Waals surface area contributed by atoms with E-state index in [4.69, 9.17) is 15.1 Å². The zero-order valence-corrected chi connectivity index (χ0v) is 31.8. The average molecular weight is 699 g/mol. The van der Waals surface area contributed by atoms with Crippen LogP contribution in [0.1, 0.15) is 99.2 Å². The van der Waals surface area contributed by atoms with Crippen molar-refractivity contribution in [3.05, 3.63) is 119 Å². The van der Waals surface area contributed by atoms with E-state index in [0.29, 0.717) is 6.61 Å². The molecule has 51 heavy (non-hydrogen) atoms. The van der Waals surface area contributed by atoms with Crippen LogP contribution in [0.4, 0.5) is 10.9 Å². The first-order valence-corrected chi connectivity index (χ1v) is 19.5. The van der Waals surface area contributed by atoms with Gasteiger partial charge in [0.15, 0.2) is 5.13 Å². The number of benzene rings is 3. The van der Waals surface area contributed by atoms with E-state index < -0.39 is 0 Å². The Kier molecular flexibility index (Phi) is 11.7. The minimum absolute atomic E-state index is 0.0930. The minimum Gasteiger partial charge on any atom is -0.396 e. The predicted molar refractivity (Wildman–Crippen MR) is 219 cm³/mol. The average Bonchev–Trinajstić information content (AvgIpc) is 3.53. The topological polar surface area (TPSA) is 61.3 Å². The molecular formula is C45H54N4OS. The summed E-state index contributed by atoms with van der Waals surface area (Å²) in [4.78, 5) is 12.6. The molecule has 0 atom stereocenters. The zero-order valence-electron chi connectivity index (χ0n) is 31.0. The van der Waals surface area contributed by atoms with Crippen LogP contribution in [0, 0.1) is 12.3 Å². The number of aliphatic hydroxyl groups is 1. The summed E-state index contributed by atoms with van der Waals surface area (Å²) in [6, 6.07) is 26.1. The summed E-state index contributed by atoms with van der Waals surface area (Å²) in [6.07, 6.45) is 9.79. The maximum absolute atomic E-state index is 9.06. The molecule has 0 aliphatic carbocycles. The standard InChI is InChI=1S/C45H54N4OS/c1-31(29-45(4,5)6)43-38(36-20-15-18-34(32(36)2)17-11-9-7-8-10-14-28-50)24-25-42(48-43)49-27-26-35-19-16-21-37(39(35)30-49)33(3)46-44-47-40-22-12-13-23-41(40)51-44/h12-13,15-16,18-25,50H,1,3,7-11,14,17,26-30H2,2,4-6H3,(H,46,47). The quantitative estimate of drug-likeness (QED) is 0.107. The highest BCUT2D eigenvalue weighted by molar-refractivity contribution is 7.22. The van der Waals surface area contributed by atoms with Crippen LogP contribution in [0.5, 0.6) is 0 Å². The van der Waals surface area contributed by atoms with Crippen LogP contribution in [-0.4, -0.2) is 28.2 Å². The highest BCUT2D eigenvalue weighted by Gasteiger charge is 2.24. The largest absolute Gasteiger partial charge is 0.396 e. The maximum Gasteiger partial charge on any atom is 0.188 e. The summed E-state index contributed by atoms with van der Waals surface area (Å²) in [6.45, 7) is 20.2. The van der Waals surface area contributed by atoms with Gasteiger partial charge in [-0.2, -0.15) is 0 Å². The van der Waals surface area contributed by atoms with Crippen molar-refractivity contribution in [3.63, 3.8) is 0 Å². The van der Waals surface area contributed by atoms with Crippen molar-refractivity contribution >= 4 is 43.8 Å². The number of hydrogen-bond donors (Lipinski definition) is 2. The Bertz CT molecular complexity index is 1970. The first kappa shape index (κ1) is 36.5. The van der Waals surface area contributed by atoms with Crippen molar-refractivity contribution in [3.8, 4) is 11.1 Å². The summed E-state index contributed by atoms with van der Waals surface area (Å²) in [5.41, 5.74) is 13.0. The molecule has 0 radical (unpaired) electrons. The molecule has 3 aromatic carbocycles. The molecule has 2 aromatic heterocycles. The normalized spacial score (nSPS) is 13.0. The second kappa shape index (κ2) is 16.4. The van der Waals surface area contributed by atoms with Crippen LogP contribution >= 0.6 is 11.3 Å². The van der Waals surface area contributed by atoms with Crippen molar-refractivity contribution < 1.29 is 5.11 Å². The van der Waals surface area contributed by atoms with Crippen LogP contribution in [0.3, 0.4) is 0 Å². The summed E-state index contributed by atoms with van der Waals surface area (Å²) in [7, 11) is 0. The van der Waals surface area contributed by atoms with Gasteiger partial charge in [0.25, 0.3) is 0 Å². The number of unbranched alkanes of at least 4 members (excludes halogenated alkanes) is 5. The minimum atomic E-state index is 0.0930. The van der Waals surface area contributed by atoms with Gasteiger partial charge in [0.1, 0.15) is 5.82 Å². The van der Waals surface area contributed by atoms with E-state index in [1.807, 2.05) is 12.1 Å². The van der Waals surface area contributed by atoms with Gasteiger partial charge in [0, 0.05) is 36.5 Å². The lowest BCUT2D eigenvalue weighted by molar-refractivity contribution is 0.282. The molecule has 1 aliphatic rings. The summed E-state index contributed by atoms with van der Waals surface area (Å²) in [5.74, 6) is 0.990. The number of aryl methyl sites for hydroxylation is 1. The molecule has 2 N–H and O–H groups in total. The molecule has 0 spiro atoms. The third kappa shape index (κ3) is 8.98. The zero-order chi connectivity index (χ0) is 36.0. The Morgan fingerprint density at radius 3 is 2.41 bits per heavy atom. The molecule has 0 saturated heterocycles. The van der Waals surface area contributed by atoms with Gasteiger partial charge in [0.2, 0.25) is 0 Å². The highest BCUT2D eigenvalue weighted by Crippen LogP contribution is 2.38. The van der Waals surface area contributed by atoms with E-state index in [2.05, 4.69) is 112 Å². The van der Waals surface area contributed by atoms with Crippen molar-refractivity contribution in [2.45, 2.75) is 92.0 Å². The second-order valence-corrected chi connectivity index (χ2v) is 16.3. The van der Waals surface area contributed by atoms with Crippen molar-refractivity contribution in [2.75, 3.05) is 23.4 Å². The number of nitrogens with zero attached hydrogens (tertiary/aromatic N) is 3. The summed E-state index contributed by atoms with van der Waals surface area (Å²) >= 11 is 1.65. The van der Waals surface area contributed by atoms with Gasteiger partial charge in [-0.25, -0.2) is 9.97 Å². The van der Waals surface area contributed by atoms with Crippen molar-refractivity contribution in [1.82, 2.24) is 9.97 Å². The fraction of sp³-hybridized carbons (Fsp3) is 0.378. The molecule has 266 valence electrons. The molecule has 0 fully saturated rings. The fourth-order valence-electron chi connectivity index (χ4n) is 7.40. The highest BCUT2D eigenvalue weighted by atomic mass is 32.1. The van der Waals surface area contributed by atoms with E-state index in [9.17, 15) is 0 Å². The Balaban J connectivity index is 1.25. The van der Waals surface area contributed by atoms with Gasteiger partial charge >= 0.3 is 0 Å². The van der Waals surface area contributed by atoms with Crippen LogP contribution in [0.25, 0.3) is 32.6 Å². The number of anilines is 2. The van der Waals surface area contributed by atoms with E-state index in [0.717, 1.165) is 88.9 Å². The number of para-hydroxylation sites is 1. The second-order valence-electron chi connectivity index (χ2n) is 15.3. The third-order valence-electron chi connectivity index (χ3n) is 10.0. The van der Waals surface area contributed by atoms with Crippen LogP contribution in [-0.2, 0) is 19.4 Å². The monoisotopic (exact) mass is 698 g/mol. The molecule has 0 amide bonds. The maximum atomic E-state index is 9.06. The van der Waals surface area contributed by atoms with Gasteiger partial charge in [0.05, 0.1) is 15.9 Å². The number of rotatable bonds is 15. The SMILES string of the molecule is C=C(Nc1nc2ccccc2s1)c1cccc2c1CN(c1ccc(-c3cccc(CCCCCCCCO)c3C)c(C(=C)CC(C)(C)C)n1)CC2. The van der Waals surface area contributed by atoms with Crippen LogP contribution in [0.15, 0.2) is 86.0 Å². The number of pyridine rings is 1. The molecule has 5 nitrogen and oxygen atoms in total. The lowest BCUT2D eigenvalue weighted by Gasteiger charge is -2.32. The predicted octanol–water partition coefficient (Wildman–Crippen LogP) is 11.6. The Labute approximate surface area is 309 Å². The third-order valence-corrected chi connectivity index (χ3v) is 11.0. The number of thiazole rings is 1. The number of fused-ring (bicyclic) bond motifs is 2. The van der Waals surface area contributed by atoms with Gasteiger partial charge in [-0.05, 0) is 102 Å². The van der Waals surface area contributed by atoms with E-state index in [1.54, 1.807) is 11.3 Å². The number of allylic oxidation sites excluding steroid dienone is 1. The Morgan fingerprint density at radius 2 is 1.63 bits per heavy atom. The van der Waals surface area contributed by atoms with Gasteiger partial charge in [-0.15, -0.1) is 0 Å². The van der Waals surface area contributed by atoms with Gasteiger partial charge < -0.3 is 15.3 Å². The van der Waals surface area contributed by atoms with Crippen LogP contribution in [0.2, 0.25) is 0 Å². The van der Waals surface area contributed by atoms with Gasteiger partial charge in [-0.1, -0.05) is 119 Å². The van der Waals surface area contributed by atoms with Crippen LogP contribution < -0.4 is 10.2 Å². The number of aromatic nitrogens is 2. The first-order valence-electron chi connectivity index (χ1n) is 18.7. The molecule has 5 aromatic rings. The van der Waals surface area contributed by atoms with Crippen molar-refractivity contribution in [2.24, 2.45) is 5.41 Å². The van der Waals surface area contributed by atoms with E-state index in [-0.39, 0.29) is 5.41 Å².